The lowest BCUT2D eigenvalue weighted by Gasteiger charge is -2.05. The molecule has 0 unspecified atom stereocenters. The number of benzene rings is 1. The van der Waals surface area contributed by atoms with E-state index in [9.17, 15) is 13.2 Å². The SMILES string of the molecule is CN=Cc1nccc(-c2cc(F)cc(F)c2)c1F. The predicted octanol–water partition coefficient (Wildman–Crippen LogP) is 3.21. The Morgan fingerprint density at radius 1 is 1.11 bits per heavy atom. The number of nitrogens with zero attached hydrogens (tertiary/aromatic N) is 2. The zero-order chi connectivity index (χ0) is 13.1. The quantitative estimate of drug-likeness (QED) is 0.751. The van der Waals surface area contributed by atoms with Gasteiger partial charge in [0.15, 0.2) is 5.82 Å². The molecule has 0 fully saturated rings. The van der Waals surface area contributed by atoms with Crippen molar-refractivity contribution in [1.82, 2.24) is 4.98 Å². The number of pyridine rings is 1. The lowest BCUT2D eigenvalue weighted by molar-refractivity contribution is 0.583. The molecule has 0 amide bonds. The van der Waals surface area contributed by atoms with Crippen LogP contribution in [0.1, 0.15) is 5.69 Å². The van der Waals surface area contributed by atoms with Gasteiger partial charge >= 0.3 is 0 Å². The van der Waals surface area contributed by atoms with Gasteiger partial charge in [0.25, 0.3) is 0 Å². The fraction of sp³-hybridized carbons (Fsp3) is 0.0769. The van der Waals surface area contributed by atoms with Gasteiger partial charge in [0, 0.05) is 31.1 Å². The summed E-state index contributed by atoms with van der Waals surface area (Å²) in [5, 5.41) is 0. The molecule has 92 valence electrons. The van der Waals surface area contributed by atoms with Gasteiger partial charge in [-0.25, -0.2) is 13.2 Å². The highest BCUT2D eigenvalue weighted by Crippen LogP contribution is 2.25. The third kappa shape index (κ3) is 2.40. The van der Waals surface area contributed by atoms with Crippen LogP contribution >= 0.6 is 0 Å². The zero-order valence-corrected chi connectivity index (χ0v) is 9.49. The second-order valence-electron chi connectivity index (χ2n) is 3.60. The topological polar surface area (TPSA) is 25.2 Å². The Morgan fingerprint density at radius 3 is 2.39 bits per heavy atom. The van der Waals surface area contributed by atoms with Crippen LogP contribution in [0.2, 0.25) is 0 Å². The first-order valence-corrected chi connectivity index (χ1v) is 5.15. The Bertz CT molecular complexity index is 589. The molecular formula is C13H9F3N2. The molecule has 0 saturated heterocycles. The van der Waals surface area contributed by atoms with Gasteiger partial charge in [-0.15, -0.1) is 0 Å². The lowest BCUT2D eigenvalue weighted by Crippen LogP contribution is -1.97. The molecule has 0 spiro atoms. The third-order valence-electron chi connectivity index (χ3n) is 2.34. The number of aromatic nitrogens is 1. The largest absolute Gasteiger partial charge is 0.294 e. The Balaban J connectivity index is 2.60. The molecule has 0 atom stereocenters. The molecule has 5 heteroatoms. The van der Waals surface area contributed by atoms with E-state index in [4.69, 9.17) is 0 Å². The second-order valence-corrected chi connectivity index (χ2v) is 3.60. The maximum Gasteiger partial charge on any atom is 0.158 e. The number of hydrogen-bond acceptors (Lipinski definition) is 2. The summed E-state index contributed by atoms with van der Waals surface area (Å²) < 4.78 is 40.2. The van der Waals surface area contributed by atoms with Crippen LogP contribution in [0.3, 0.4) is 0 Å². The van der Waals surface area contributed by atoms with Gasteiger partial charge in [-0.3, -0.25) is 9.98 Å². The van der Waals surface area contributed by atoms with Gasteiger partial charge in [-0.05, 0) is 23.8 Å². The minimum absolute atomic E-state index is 0.0275. The van der Waals surface area contributed by atoms with Crippen molar-refractivity contribution < 1.29 is 13.2 Å². The first-order chi connectivity index (χ1) is 8.61. The second kappa shape index (κ2) is 5.00. The Kier molecular flexibility index (Phi) is 3.41. The van der Waals surface area contributed by atoms with Crippen molar-refractivity contribution in [2.24, 2.45) is 4.99 Å². The Morgan fingerprint density at radius 2 is 1.78 bits per heavy atom. The first kappa shape index (κ1) is 12.3. The van der Waals surface area contributed by atoms with Crippen LogP contribution in [0, 0.1) is 17.5 Å². The average Bonchev–Trinajstić information content (AvgIpc) is 2.31. The molecule has 2 aromatic rings. The van der Waals surface area contributed by atoms with E-state index in [2.05, 4.69) is 9.98 Å². The van der Waals surface area contributed by atoms with Gasteiger partial charge in [-0.2, -0.15) is 0 Å². The molecule has 18 heavy (non-hydrogen) atoms. The van der Waals surface area contributed by atoms with Crippen molar-refractivity contribution >= 4 is 6.21 Å². The molecule has 1 aromatic carbocycles. The van der Waals surface area contributed by atoms with E-state index in [0.717, 1.165) is 18.2 Å². The number of rotatable bonds is 2. The molecule has 2 rings (SSSR count). The standard InChI is InChI=1S/C13H9F3N2/c1-17-7-12-13(16)11(2-3-18-12)8-4-9(14)6-10(15)5-8/h2-7H,1H3. The minimum atomic E-state index is -0.757. The van der Waals surface area contributed by atoms with Crippen molar-refractivity contribution in [3.63, 3.8) is 0 Å². The smallest absolute Gasteiger partial charge is 0.158 e. The molecule has 0 radical (unpaired) electrons. The van der Waals surface area contributed by atoms with Gasteiger partial charge in [0.2, 0.25) is 0 Å². The van der Waals surface area contributed by atoms with Crippen LogP contribution < -0.4 is 0 Å². The van der Waals surface area contributed by atoms with Gasteiger partial charge < -0.3 is 0 Å². The predicted molar refractivity (Wildman–Crippen MR) is 63.1 cm³/mol. The van der Waals surface area contributed by atoms with Crippen LogP contribution in [0.5, 0.6) is 0 Å². The van der Waals surface area contributed by atoms with Crippen molar-refractivity contribution in [3.05, 3.63) is 53.6 Å². The highest BCUT2D eigenvalue weighted by Gasteiger charge is 2.11. The molecule has 2 nitrogen and oxygen atoms in total. The maximum atomic E-state index is 14.0. The van der Waals surface area contributed by atoms with Crippen LogP contribution in [0.4, 0.5) is 13.2 Å². The molecule has 0 aliphatic heterocycles. The zero-order valence-electron chi connectivity index (χ0n) is 9.49. The van der Waals surface area contributed by atoms with Crippen LogP contribution in [0.25, 0.3) is 11.1 Å². The van der Waals surface area contributed by atoms with Gasteiger partial charge in [-0.1, -0.05) is 0 Å². The number of aliphatic imine (C=N–C) groups is 1. The summed E-state index contributed by atoms with van der Waals surface area (Å²) in [5.41, 5.74) is 0.233. The molecule has 0 aliphatic rings. The summed E-state index contributed by atoms with van der Waals surface area (Å²) in [6.07, 6.45) is 2.60. The van der Waals surface area contributed by atoms with E-state index < -0.39 is 17.5 Å². The Hall–Kier alpha value is -2.17. The van der Waals surface area contributed by atoms with Crippen molar-refractivity contribution in [2.75, 3.05) is 7.05 Å². The molecular weight excluding hydrogens is 241 g/mol. The Labute approximate surface area is 102 Å². The summed E-state index contributed by atoms with van der Waals surface area (Å²) in [6.45, 7) is 0. The highest BCUT2D eigenvalue weighted by atomic mass is 19.1. The average molecular weight is 250 g/mol. The summed E-state index contributed by atoms with van der Waals surface area (Å²) in [5.74, 6) is -2.17. The summed E-state index contributed by atoms with van der Waals surface area (Å²) in [7, 11) is 1.48. The van der Waals surface area contributed by atoms with Gasteiger partial charge in [0.05, 0.1) is 0 Å². The van der Waals surface area contributed by atoms with Crippen molar-refractivity contribution in [2.45, 2.75) is 0 Å². The molecule has 0 aliphatic carbocycles. The molecule has 0 bridgehead atoms. The van der Waals surface area contributed by atoms with Gasteiger partial charge in [0.1, 0.15) is 17.3 Å². The summed E-state index contributed by atoms with van der Waals surface area (Å²) in [6, 6.07) is 4.22. The maximum absolute atomic E-state index is 14.0. The molecule has 1 heterocycles. The fourth-order valence-electron chi connectivity index (χ4n) is 1.60. The van der Waals surface area contributed by atoms with Crippen molar-refractivity contribution in [3.8, 4) is 11.1 Å². The summed E-state index contributed by atoms with van der Waals surface area (Å²) >= 11 is 0. The minimum Gasteiger partial charge on any atom is -0.294 e. The van der Waals surface area contributed by atoms with E-state index in [0.29, 0.717) is 0 Å². The van der Waals surface area contributed by atoms with E-state index in [-0.39, 0.29) is 16.8 Å². The molecule has 1 aromatic heterocycles. The molecule has 0 N–H and O–H groups in total. The highest BCUT2D eigenvalue weighted by molar-refractivity contribution is 5.80. The van der Waals surface area contributed by atoms with Crippen LogP contribution in [0.15, 0.2) is 35.5 Å². The van der Waals surface area contributed by atoms with Crippen LogP contribution in [-0.4, -0.2) is 18.2 Å². The fourth-order valence-corrected chi connectivity index (χ4v) is 1.60. The van der Waals surface area contributed by atoms with E-state index in [1.807, 2.05) is 0 Å². The normalized spacial score (nSPS) is 11.1. The lowest BCUT2D eigenvalue weighted by atomic mass is 10.1. The number of halogens is 3. The third-order valence-corrected chi connectivity index (χ3v) is 2.34. The van der Waals surface area contributed by atoms with Crippen LogP contribution in [-0.2, 0) is 0 Å². The van der Waals surface area contributed by atoms with E-state index >= 15 is 0 Å². The van der Waals surface area contributed by atoms with Crippen molar-refractivity contribution in [1.29, 1.82) is 0 Å². The number of hydrogen-bond donors (Lipinski definition) is 0. The van der Waals surface area contributed by atoms with E-state index in [1.54, 1.807) is 0 Å². The van der Waals surface area contributed by atoms with E-state index in [1.165, 1.54) is 25.5 Å². The molecule has 0 saturated carbocycles. The monoisotopic (exact) mass is 250 g/mol. The first-order valence-electron chi connectivity index (χ1n) is 5.15. The summed E-state index contributed by atoms with van der Waals surface area (Å²) in [4.78, 5) is 7.45.